The Morgan fingerprint density at radius 2 is 1.11 bits per heavy atom. The van der Waals surface area contributed by atoms with Crippen molar-refractivity contribution < 1.29 is 48.1 Å². The number of nitrogens with zero attached hydrogens (tertiary/aromatic N) is 3. The van der Waals surface area contributed by atoms with Crippen LogP contribution in [0.5, 0.6) is 0 Å². The van der Waals surface area contributed by atoms with E-state index in [-0.39, 0.29) is 64.8 Å². The molecule has 4 aromatic heterocycles. The molecule has 4 heterocycles. The first kappa shape index (κ1) is 27.8. The van der Waals surface area contributed by atoms with E-state index in [0.717, 1.165) is 49.6 Å². The fourth-order valence-corrected chi connectivity index (χ4v) is 7.46. The van der Waals surface area contributed by atoms with Crippen molar-refractivity contribution in [2.45, 2.75) is 69.8 Å². The van der Waals surface area contributed by atoms with Gasteiger partial charge in [-0.15, -0.1) is 90.0 Å². The first-order valence-electron chi connectivity index (χ1n) is 27.0. The Morgan fingerprint density at radius 3 is 1.60 bits per heavy atom. The zero-order chi connectivity index (χ0) is 53.5. The number of hydrogen-bond donors (Lipinski definition) is 0. The summed E-state index contributed by atoms with van der Waals surface area (Å²) >= 11 is 0. The molecule has 1 aliphatic rings. The van der Waals surface area contributed by atoms with Crippen molar-refractivity contribution in [3.8, 4) is 33.8 Å². The molecular formula is C56H45FIrN3O. The number of aromatic nitrogens is 3. The minimum Gasteiger partial charge on any atom is -0.500 e. The van der Waals surface area contributed by atoms with E-state index in [1.807, 2.05) is 0 Å². The number of halogens is 1. The fraction of sp³-hybridized carbons (Fsp3) is 0.196. The van der Waals surface area contributed by atoms with Crippen LogP contribution in [0.2, 0.25) is 0 Å². The van der Waals surface area contributed by atoms with Crippen LogP contribution in [-0.4, -0.2) is 15.0 Å². The second-order valence-electron chi connectivity index (χ2n) is 14.6. The second-order valence-corrected chi connectivity index (χ2v) is 14.6. The normalized spacial score (nSPS) is 18.1. The average Bonchev–Trinajstić information content (AvgIpc) is 4.04. The maximum Gasteiger partial charge on any atom is 3.00 e. The van der Waals surface area contributed by atoms with Gasteiger partial charge in [0.2, 0.25) is 0 Å². The Labute approximate surface area is 396 Å². The first-order chi connectivity index (χ1) is 35.4. The van der Waals surface area contributed by atoms with Crippen LogP contribution in [0.1, 0.15) is 89.7 Å². The molecule has 306 valence electrons. The van der Waals surface area contributed by atoms with E-state index in [4.69, 9.17) is 7.16 Å². The minimum atomic E-state index is -3.18. The third-order valence-corrected chi connectivity index (χ3v) is 10.5. The number of fused-ring (bicyclic) bond motifs is 3. The van der Waals surface area contributed by atoms with Crippen LogP contribution in [0.3, 0.4) is 0 Å². The Balaban J connectivity index is 0.00000706. The molecule has 0 radical (unpaired) electrons. The smallest absolute Gasteiger partial charge is 0.500 e. The summed E-state index contributed by atoms with van der Waals surface area (Å²) < 4.78 is 152. The molecule has 0 atom stereocenters. The summed E-state index contributed by atoms with van der Waals surface area (Å²) in [4.78, 5) is 13.2. The van der Waals surface area contributed by atoms with Gasteiger partial charge in [0, 0.05) is 47.8 Å². The summed E-state index contributed by atoms with van der Waals surface area (Å²) in [5.74, 6) is -2.00. The van der Waals surface area contributed by atoms with E-state index >= 15 is 4.39 Å². The molecule has 0 spiro atoms. The molecule has 9 aromatic rings. The molecule has 0 amide bonds. The molecule has 1 saturated carbocycles. The minimum absolute atomic E-state index is 0. The van der Waals surface area contributed by atoms with Gasteiger partial charge in [-0.25, -0.2) is 4.39 Å². The molecule has 0 saturated heterocycles. The van der Waals surface area contributed by atoms with Crippen LogP contribution in [0.15, 0.2) is 150 Å². The van der Waals surface area contributed by atoms with E-state index in [2.05, 4.69) is 33.2 Å². The molecule has 5 aromatic carbocycles. The van der Waals surface area contributed by atoms with Crippen LogP contribution in [-0.2, 0) is 58.3 Å². The van der Waals surface area contributed by atoms with E-state index in [1.54, 1.807) is 66.7 Å². The number of hydrogen-bond acceptors (Lipinski definition) is 4. The van der Waals surface area contributed by atoms with Crippen LogP contribution in [0.25, 0.3) is 55.7 Å². The van der Waals surface area contributed by atoms with Gasteiger partial charge in [-0.1, -0.05) is 78.4 Å². The van der Waals surface area contributed by atoms with Gasteiger partial charge >= 0.3 is 20.1 Å². The Hall–Kier alpha value is -6.07. The average molecular weight is 1000 g/mol. The zero-order valence-electron chi connectivity index (χ0n) is 47.1. The fourth-order valence-electron chi connectivity index (χ4n) is 7.46. The van der Waals surface area contributed by atoms with Gasteiger partial charge in [-0.3, -0.25) is 0 Å². The Bertz CT molecular complexity index is 3470. The van der Waals surface area contributed by atoms with Crippen LogP contribution in [0.4, 0.5) is 4.39 Å². The molecule has 10 rings (SSSR count). The van der Waals surface area contributed by atoms with Crippen molar-refractivity contribution in [2.24, 2.45) is 0 Å². The number of aryl methyl sites for hydroxylation is 6. The molecule has 0 aliphatic heterocycles. The van der Waals surface area contributed by atoms with Crippen molar-refractivity contribution >= 4 is 21.9 Å². The van der Waals surface area contributed by atoms with Crippen molar-refractivity contribution in [2.75, 3.05) is 0 Å². The van der Waals surface area contributed by atoms with Crippen molar-refractivity contribution in [3.63, 3.8) is 0 Å². The number of pyridine rings is 3. The van der Waals surface area contributed by atoms with Crippen LogP contribution in [0, 0.1) is 24.0 Å². The van der Waals surface area contributed by atoms with Gasteiger partial charge in [-0.05, 0) is 119 Å². The van der Waals surface area contributed by atoms with Gasteiger partial charge < -0.3 is 19.4 Å². The van der Waals surface area contributed by atoms with Gasteiger partial charge in [0.05, 0.1) is 6.95 Å². The second kappa shape index (κ2) is 18.9. The predicted octanol–water partition coefficient (Wildman–Crippen LogP) is 13.3. The summed E-state index contributed by atoms with van der Waals surface area (Å²) in [5.41, 5.74) is 0.244. The molecule has 0 bridgehead atoms. The summed E-state index contributed by atoms with van der Waals surface area (Å²) in [7, 11) is 0. The van der Waals surface area contributed by atoms with Crippen LogP contribution >= 0.6 is 0 Å². The van der Waals surface area contributed by atoms with E-state index in [1.165, 1.54) is 36.4 Å². The summed E-state index contributed by atoms with van der Waals surface area (Å²) in [6, 6.07) is 38.6. The Kier molecular flexibility index (Phi) is 8.47. The third-order valence-electron chi connectivity index (χ3n) is 10.5. The summed E-state index contributed by atoms with van der Waals surface area (Å²) in [5, 5.41) is 0.945. The van der Waals surface area contributed by atoms with Gasteiger partial charge in [0.15, 0.2) is 0 Å². The number of rotatable bonds is 13. The molecule has 0 unspecified atom stereocenters. The molecule has 4 nitrogen and oxygen atoms in total. The van der Waals surface area contributed by atoms with Gasteiger partial charge in [0.1, 0.15) is 11.4 Å². The molecular weight excluding hydrogens is 942 g/mol. The standard InChI is InChI=1S/C56H45FN3O.Ir/c57-51-34-55-50(33-49(51)44-10-7-8-11-44)47-16-9-17-48(56(47)61-55)54-29-26-40(37-60-54)20-23-43-31-41(21-18-38-24-27-52(58-35-38)45-12-3-1-4-13-45)30-42(32-43)22-19-39-25-28-53(59-36-39)46-14-5-2-6-15-46;/h1-6,9,12,14,16,24-37,44H,7-8,10-11,18-23H2;/q-3;+3/i18D2,19D2,20D2,21D2,22D2,23D2,34D,44D;. The van der Waals surface area contributed by atoms with Crippen molar-refractivity contribution in [1.82, 2.24) is 15.0 Å². The van der Waals surface area contributed by atoms with Gasteiger partial charge in [-0.2, -0.15) is 0 Å². The zero-order valence-corrected chi connectivity index (χ0v) is 35.5. The third kappa shape index (κ3) is 9.23. The molecule has 1 aliphatic carbocycles. The maximum absolute atomic E-state index is 15.8. The predicted molar refractivity (Wildman–Crippen MR) is 243 cm³/mol. The van der Waals surface area contributed by atoms with Gasteiger partial charge in [0.25, 0.3) is 0 Å². The molecule has 6 heteroatoms. The van der Waals surface area contributed by atoms with Crippen LogP contribution < -0.4 is 0 Å². The van der Waals surface area contributed by atoms with E-state index in [9.17, 15) is 16.4 Å². The van der Waals surface area contributed by atoms with Crippen molar-refractivity contribution in [1.29, 1.82) is 0 Å². The topological polar surface area (TPSA) is 51.8 Å². The number of furan rings is 1. The quantitative estimate of drug-likeness (QED) is 0.108. The monoisotopic (exact) mass is 1000 g/mol. The molecule has 0 N–H and O–H groups in total. The SMILES string of the molecule is [2H]c1c(F)c(C2([2H])CCCC2)cc2c1oc1c(-c3ccc(C([2H])([2H])C([2H])([2H])c4cc(C([2H])([2H])C([2H])([2H])c5ccc(-c6[c-]cccc6)nc5)cc(C([2H])([2H])C([2H])([2H])c5ccc(-c6[c-]cccc6)nc5)c4)cn3)[c-]ccc12.[Ir+3]. The maximum atomic E-state index is 15.8. The first-order valence-corrected chi connectivity index (χ1v) is 20.0. The number of benzene rings is 5. The molecule has 1 fully saturated rings. The van der Waals surface area contributed by atoms with E-state index in [0.29, 0.717) is 46.1 Å². The molecule has 62 heavy (non-hydrogen) atoms. The Morgan fingerprint density at radius 1 is 0.597 bits per heavy atom. The van der Waals surface area contributed by atoms with E-state index < -0.39 is 72.7 Å². The largest absolute Gasteiger partial charge is 3.00 e. The summed E-state index contributed by atoms with van der Waals surface area (Å²) in [6.07, 6.45) is -12.5. The van der Waals surface area contributed by atoms with Crippen molar-refractivity contribution in [3.05, 3.63) is 209 Å². The summed E-state index contributed by atoms with van der Waals surface area (Å²) in [6.45, 7) is 0.